The minimum Gasteiger partial charge on any atom is -0.363 e. The molecule has 0 heterocycles. The summed E-state index contributed by atoms with van der Waals surface area (Å²) in [4.78, 5) is 0. The Labute approximate surface area is 139 Å². The molecule has 0 aliphatic rings. The van der Waals surface area contributed by atoms with Crippen LogP contribution in [0.5, 0.6) is 0 Å². The highest BCUT2D eigenvalue weighted by atomic mass is 28.4. The molecule has 0 amide bonds. The lowest BCUT2D eigenvalue weighted by molar-refractivity contribution is 0.811. The molecule has 0 unspecified atom stereocenters. The number of rotatable bonds is 6. The number of hydrogen-bond donors (Lipinski definition) is 0. The molecule has 0 aliphatic heterocycles. The van der Waals surface area contributed by atoms with Gasteiger partial charge in [0.1, 0.15) is 32.9 Å². The molecular formula is C14H37BN2Si4. The largest absolute Gasteiger partial charge is 0.372 e. The van der Waals surface area contributed by atoms with Crippen LogP contribution in [0.15, 0.2) is 0 Å². The predicted molar refractivity (Wildman–Crippen MR) is 112 cm³/mol. The molecule has 21 heavy (non-hydrogen) atoms. The maximum absolute atomic E-state index is 6.12. The Kier molecular flexibility index (Phi) is 6.62. The second kappa shape index (κ2) is 6.50. The standard InChI is InChI=1S/C14H37BN2Si4/c1-14-15(16(18(2,3)4)19(5,6)7)17(20(8,9)10)21(11,12)13/h1H,2-13H3. The summed E-state index contributed by atoms with van der Waals surface area (Å²) in [5.41, 5.74) is 0. The number of terminal acetylenes is 1. The SMILES string of the molecule is C#CB(N([Si](C)(C)C)[Si](C)(C)C)N([Si](C)(C)C)[Si](C)(C)C. The van der Waals surface area contributed by atoms with Crippen molar-refractivity contribution in [1.29, 1.82) is 0 Å². The van der Waals surface area contributed by atoms with E-state index in [0.717, 1.165) is 0 Å². The molecule has 0 saturated carbocycles. The van der Waals surface area contributed by atoms with Crippen LogP contribution in [0.4, 0.5) is 0 Å². The van der Waals surface area contributed by atoms with Gasteiger partial charge in [0.2, 0.25) is 0 Å². The van der Waals surface area contributed by atoms with Crippen molar-refractivity contribution in [2.45, 2.75) is 78.6 Å². The summed E-state index contributed by atoms with van der Waals surface area (Å²) < 4.78 is 5.60. The lowest BCUT2D eigenvalue weighted by atomic mass is 9.83. The van der Waals surface area contributed by atoms with Gasteiger partial charge in [-0.05, 0) is 0 Å². The maximum atomic E-state index is 6.12. The highest BCUT2D eigenvalue weighted by Crippen LogP contribution is 2.29. The summed E-state index contributed by atoms with van der Waals surface area (Å²) in [6, 6.07) is 0. The molecule has 0 aromatic heterocycles. The molecule has 0 aliphatic carbocycles. The smallest absolute Gasteiger partial charge is 0.363 e. The van der Waals surface area contributed by atoms with Gasteiger partial charge in [-0.3, -0.25) is 0 Å². The Bertz CT molecular complexity index is 334. The van der Waals surface area contributed by atoms with Gasteiger partial charge in [0.05, 0.1) is 0 Å². The van der Waals surface area contributed by atoms with E-state index in [1.54, 1.807) is 0 Å². The first-order valence-electron chi connectivity index (χ1n) is 7.99. The third-order valence-corrected chi connectivity index (χ3v) is 18.3. The average molecular weight is 357 g/mol. The van der Waals surface area contributed by atoms with Crippen LogP contribution in [0, 0.1) is 12.2 Å². The van der Waals surface area contributed by atoms with Gasteiger partial charge in [0.15, 0.2) is 0 Å². The van der Waals surface area contributed by atoms with Gasteiger partial charge in [0.25, 0.3) is 0 Å². The molecule has 0 aromatic rings. The summed E-state index contributed by atoms with van der Waals surface area (Å²) >= 11 is 0. The molecule has 0 bridgehead atoms. The Morgan fingerprint density at radius 1 is 0.571 bits per heavy atom. The molecule has 0 spiro atoms. The van der Waals surface area contributed by atoms with Crippen molar-refractivity contribution in [2.75, 3.05) is 0 Å². The molecule has 0 fully saturated rings. The van der Waals surface area contributed by atoms with Crippen LogP contribution < -0.4 is 0 Å². The van der Waals surface area contributed by atoms with Crippen LogP contribution in [0.25, 0.3) is 0 Å². The normalized spacial score (nSPS) is 14.5. The zero-order chi connectivity index (χ0) is 17.4. The summed E-state index contributed by atoms with van der Waals surface area (Å²) in [5, 5.41) is 0. The van der Waals surface area contributed by atoms with Crippen molar-refractivity contribution in [2.24, 2.45) is 0 Å². The number of nitrogens with zero attached hydrogens (tertiary/aromatic N) is 2. The molecule has 122 valence electrons. The summed E-state index contributed by atoms with van der Waals surface area (Å²) in [6.07, 6.45) is 6.12. The Morgan fingerprint density at radius 3 is 0.857 bits per heavy atom. The Morgan fingerprint density at radius 2 is 0.762 bits per heavy atom. The minimum absolute atomic E-state index is 0.196. The average Bonchev–Trinajstić information content (AvgIpc) is 2.06. The third kappa shape index (κ3) is 5.84. The first kappa shape index (κ1) is 21.4. The quantitative estimate of drug-likeness (QED) is 0.507. The van der Waals surface area contributed by atoms with Crippen molar-refractivity contribution in [3.63, 3.8) is 0 Å². The van der Waals surface area contributed by atoms with E-state index in [4.69, 9.17) is 6.42 Å². The fourth-order valence-corrected chi connectivity index (χ4v) is 24.0. The molecular weight excluding hydrogens is 319 g/mol. The first-order valence-corrected chi connectivity index (χ1v) is 21.8. The van der Waals surface area contributed by atoms with Crippen LogP contribution in [0.3, 0.4) is 0 Å². The van der Waals surface area contributed by atoms with E-state index in [2.05, 4.69) is 92.7 Å². The summed E-state index contributed by atoms with van der Waals surface area (Å²) in [7, 11) is -5.88. The topological polar surface area (TPSA) is 6.48 Å². The van der Waals surface area contributed by atoms with Crippen molar-refractivity contribution in [3.8, 4) is 12.2 Å². The summed E-state index contributed by atoms with van der Waals surface area (Å²) in [6.45, 7) is 29.6. The van der Waals surface area contributed by atoms with E-state index in [-0.39, 0.29) is 6.98 Å². The van der Waals surface area contributed by atoms with E-state index in [0.29, 0.717) is 0 Å². The van der Waals surface area contributed by atoms with E-state index in [9.17, 15) is 0 Å². The summed E-state index contributed by atoms with van der Waals surface area (Å²) in [5.74, 6) is 3.22. The van der Waals surface area contributed by atoms with Crippen LogP contribution >= 0.6 is 0 Å². The van der Waals surface area contributed by atoms with Crippen molar-refractivity contribution < 1.29 is 0 Å². The molecule has 2 nitrogen and oxygen atoms in total. The molecule has 0 aromatic carbocycles. The molecule has 0 saturated heterocycles. The van der Waals surface area contributed by atoms with Gasteiger partial charge < -0.3 is 8.28 Å². The van der Waals surface area contributed by atoms with Crippen LogP contribution in [0.1, 0.15) is 0 Å². The lowest BCUT2D eigenvalue weighted by Crippen LogP contribution is -2.76. The fraction of sp³-hybridized carbons (Fsp3) is 0.857. The fourth-order valence-electron chi connectivity index (χ4n) is 3.74. The van der Waals surface area contributed by atoms with Crippen LogP contribution in [-0.4, -0.2) is 48.2 Å². The van der Waals surface area contributed by atoms with E-state index in [1.165, 1.54) is 0 Å². The van der Waals surface area contributed by atoms with Gasteiger partial charge in [0, 0.05) is 0 Å². The van der Waals surface area contributed by atoms with Gasteiger partial charge in [-0.15, -0.1) is 12.2 Å². The first-order chi connectivity index (χ1) is 8.94. The van der Waals surface area contributed by atoms with Crippen molar-refractivity contribution in [3.05, 3.63) is 0 Å². The molecule has 7 heteroatoms. The second-order valence-electron chi connectivity index (χ2n) is 9.96. The van der Waals surface area contributed by atoms with E-state index < -0.39 is 32.9 Å². The van der Waals surface area contributed by atoms with Gasteiger partial charge in [-0.1, -0.05) is 78.6 Å². The third-order valence-electron chi connectivity index (χ3n) is 3.53. The highest BCUT2D eigenvalue weighted by molar-refractivity contribution is 7.08. The molecule has 0 N–H and O–H groups in total. The molecule has 0 radical (unpaired) electrons. The van der Waals surface area contributed by atoms with Crippen molar-refractivity contribution in [1.82, 2.24) is 8.28 Å². The van der Waals surface area contributed by atoms with Crippen LogP contribution in [0.2, 0.25) is 78.6 Å². The van der Waals surface area contributed by atoms with Gasteiger partial charge in [-0.25, -0.2) is 0 Å². The maximum Gasteiger partial charge on any atom is 0.372 e. The Hall–Kier alpha value is 0.412. The monoisotopic (exact) mass is 356 g/mol. The zero-order valence-electron chi connectivity index (χ0n) is 16.5. The minimum atomic E-state index is -1.47. The van der Waals surface area contributed by atoms with E-state index in [1.807, 2.05) is 0 Å². The highest BCUT2D eigenvalue weighted by Gasteiger charge is 2.49. The van der Waals surface area contributed by atoms with Gasteiger partial charge in [-0.2, -0.15) is 0 Å². The molecule has 0 rings (SSSR count). The van der Waals surface area contributed by atoms with Gasteiger partial charge >= 0.3 is 6.98 Å². The Balaban J connectivity index is 6.12. The van der Waals surface area contributed by atoms with Crippen molar-refractivity contribution >= 4 is 39.9 Å². The van der Waals surface area contributed by atoms with E-state index >= 15 is 0 Å². The molecule has 0 atom stereocenters. The predicted octanol–water partition coefficient (Wildman–Crippen LogP) is 4.59. The lowest BCUT2D eigenvalue weighted by Gasteiger charge is -2.55. The van der Waals surface area contributed by atoms with Crippen LogP contribution in [-0.2, 0) is 0 Å². The zero-order valence-corrected chi connectivity index (χ0v) is 20.5. The second-order valence-corrected chi connectivity index (χ2v) is 30.2. The number of hydrogen-bond acceptors (Lipinski definition) is 2.